The number of rotatable bonds is 5. The number of hydrogen-bond acceptors (Lipinski definition) is 4. The van der Waals surface area contributed by atoms with E-state index >= 15 is 0 Å². The average Bonchev–Trinajstić information content (AvgIpc) is 3.47. The second-order valence-corrected chi connectivity index (χ2v) is 9.74. The minimum atomic E-state index is -3.81. The van der Waals surface area contributed by atoms with Crippen LogP contribution in [0.1, 0.15) is 37.8 Å². The lowest BCUT2D eigenvalue weighted by atomic mass is 10.1. The fourth-order valence-corrected chi connectivity index (χ4v) is 6.31. The standard InChI is InChI=1S/C20H21BrFNO4S/c1-13(14-3-7-18-19(11-14)27-10-2-9-26-18)23(16-5-6-16)28(24,25)20-8-4-15(22)12-17(20)21/h3-4,7-8,11-13,16H,2,5-6,9-10H2,1H3/t13-/m1/s1. The minimum Gasteiger partial charge on any atom is -0.490 e. The highest BCUT2D eigenvalue weighted by molar-refractivity contribution is 9.10. The molecule has 4 rings (SSSR count). The van der Waals surface area contributed by atoms with E-state index in [-0.39, 0.29) is 15.4 Å². The Morgan fingerprint density at radius 3 is 2.50 bits per heavy atom. The highest BCUT2D eigenvalue weighted by Crippen LogP contribution is 2.42. The van der Waals surface area contributed by atoms with Crippen LogP contribution in [0.2, 0.25) is 0 Å². The van der Waals surface area contributed by atoms with Crippen molar-refractivity contribution in [3.63, 3.8) is 0 Å². The van der Waals surface area contributed by atoms with Crippen molar-refractivity contribution in [3.05, 3.63) is 52.3 Å². The van der Waals surface area contributed by atoms with Gasteiger partial charge in [-0.15, -0.1) is 0 Å². The molecule has 1 saturated carbocycles. The van der Waals surface area contributed by atoms with Gasteiger partial charge in [-0.1, -0.05) is 6.07 Å². The molecule has 1 atom stereocenters. The second kappa shape index (κ2) is 7.65. The van der Waals surface area contributed by atoms with E-state index in [0.29, 0.717) is 24.7 Å². The van der Waals surface area contributed by atoms with Gasteiger partial charge >= 0.3 is 0 Å². The third kappa shape index (κ3) is 3.77. The predicted octanol–water partition coefficient (Wildman–Crippen LogP) is 4.66. The van der Waals surface area contributed by atoms with E-state index in [2.05, 4.69) is 15.9 Å². The van der Waals surface area contributed by atoms with Crippen LogP contribution < -0.4 is 9.47 Å². The maximum atomic E-state index is 13.5. The first-order chi connectivity index (χ1) is 13.4. The van der Waals surface area contributed by atoms with Crippen molar-refractivity contribution in [2.75, 3.05) is 13.2 Å². The van der Waals surface area contributed by atoms with Gasteiger partial charge in [0.15, 0.2) is 11.5 Å². The normalized spacial score (nSPS) is 18.0. The van der Waals surface area contributed by atoms with Crippen molar-refractivity contribution >= 4 is 26.0 Å². The summed E-state index contributed by atoms with van der Waals surface area (Å²) in [5.41, 5.74) is 0.831. The molecule has 1 heterocycles. The maximum Gasteiger partial charge on any atom is 0.245 e. The third-order valence-corrected chi connectivity index (χ3v) is 7.99. The van der Waals surface area contributed by atoms with Gasteiger partial charge < -0.3 is 9.47 Å². The molecule has 0 aromatic heterocycles. The van der Waals surface area contributed by atoms with E-state index in [0.717, 1.165) is 24.8 Å². The fraction of sp³-hybridized carbons (Fsp3) is 0.400. The highest BCUT2D eigenvalue weighted by atomic mass is 79.9. The molecule has 0 N–H and O–H groups in total. The van der Waals surface area contributed by atoms with Gasteiger partial charge in [0.1, 0.15) is 5.82 Å². The van der Waals surface area contributed by atoms with E-state index in [9.17, 15) is 12.8 Å². The van der Waals surface area contributed by atoms with Crippen molar-refractivity contribution in [2.24, 2.45) is 0 Å². The van der Waals surface area contributed by atoms with Crippen LogP contribution in [-0.4, -0.2) is 32.0 Å². The van der Waals surface area contributed by atoms with Crippen LogP contribution in [0.5, 0.6) is 11.5 Å². The maximum absolute atomic E-state index is 13.5. The van der Waals surface area contributed by atoms with Crippen LogP contribution in [0, 0.1) is 5.82 Å². The molecule has 2 aromatic carbocycles. The molecule has 150 valence electrons. The summed E-state index contributed by atoms with van der Waals surface area (Å²) >= 11 is 3.20. The smallest absolute Gasteiger partial charge is 0.245 e. The molecule has 0 amide bonds. The van der Waals surface area contributed by atoms with Crippen LogP contribution in [0.25, 0.3) is 0 Å². The number of benzene rings is 2. The zero-order valence-electron chi connectivity index (χ0n) is 15.4. The predicted molar refractivity (Wildman–Crippen MR) is 107 cm³/mol. The monoisotopic (exact) mass is 469 g/mol. The van der Waals surface area contributed by atoms with E-state index in [1.165, 1.54) is 22.5 Å². The Kier molecular flexibility index (Phi) is 5.37. The molecule has 8 heteroatoms. The van der Waals surface area contributed by atoms with Gasteiger partial charge in [-0.25, -0.2) is 12.8 Å². The summed E-state index contributed by atoms with van der Waals surface area (Å²) in [6.45, 7) is 3.04. The molecule has 2 aromatic rings. The first kappa shape index (κ1) is 19.7. The van der Waals surface area contributed by atoms with E-state index in [1.54, 1.807) is 0 Å². The fourth-order valence-electron chi connectivity index (χ4n) is 3.43. The molecular weight excluding hydrogens is 449 g/mol. The average molecular weight is 470 g/mol. The van der Waals surface area contributed by atoms with Crippen molar-refractivity contribution < 1.29 is 22.3 Å². The summed E-state index contributed by atoms with van der Waals surface area (Å²) in [5.74, 6) is 0.827. The van der Waals surface area contributed by atoms with Crippen LogP contribution in [-0.2, 0) is 10.0 Å². The Morgan fingerprint density at radius 1 is 1.11 bits per heavy atom. The number of sulfonamides is 1. The molecule has 0 bridgehead atoms. The summed E-state index contributed by atoms with van der Waals surface area (Å²) in [6.07, 6.45) is 2.43. The Balaban J connectivity index is 1.71. The SMILES string of the molecule is C[C@H](c1ccc2c(c1)OCCCO2)N(C1CC1)S(=O)(=O)c1ccc(F)cc1Br. The third-order valence-electron chi connectivity index (χ3n) is 4.99. The topological polar surface area (TPSA) is 55.8 Å². The van der Waals surface area contributed by atoms with E-state index in [1.807, 2.05) is 25.1 Å². The second-order valence-electron chi connectivity index (χ2n) is 7.07. The molecule has 1 fully saturated rings. The number of halogens is 2. The number of nitrogens with zero attached hydrogens (tertiary/aromatic N) is 1. The number of ether oxygens (including phenoxy) is 2. The lowest BCUT2D eigenvalue weighted by Gasteiger charge is -2.29. The zero-order valence-corrected chi connectivity index (χ0v) is 17.8. The highest BCUT2D eigenvalue weighted by Gasteiger charge is 2.42. The quantitative estimate of drug-likeness (QED) is 0.638. The molecule has 1 aliphatic carbocycles. The van der Waals surface area contributed by atoms with E-state index in [4.69, 9.17) is 9.47 Å². The van der Waals surface area contributed by atoms with Crippen molar-refractivity contribution in [2.45, 2.75) is 43.2 Å². The van der Waals surface area contributed by atoms with Crippen molar-refractivity contribution in [1.29, 1.82) is 0 Å². The van der Waals surface area contributed by atoms with Gasteiger partial charge in [-0.3, -0.25) is 0 Å². The minimum absolute atomic E-state index is 0.0621. The molecule has 0 radical (unpaired) electrons. The summed E-state index contributed by atoms with van der Waals surface area (Å²) in [7, 11) is -3.81. The van der Waals surface area contributed by atoms with Gasteiger partial charge in [0.05, 0.1) is 18.1 Å². The van der Waals surface area contributed by atoms with Gasteiger partial charge in [-0.2, -0.15) is 4.31 Å². The summed E-state index contributed by atoms with van der Waals surface area (Å²) in [4.78, 5) is 0.0713. The van der Waals surface area contributed by atoms with Crippen molar-refractivity contribution in [1.82, 2.24) is 4.31 Å². The molecular formula is C20H21BrFNO4S. The molecule has 2 aliphatic rings. The first-order valence-corrected chi connectivity index (χ1v) is 11.5. The molecule has 28 heavy (non-hydrogen) atoms. The van der Waals surface area contributed by atoms with Crippen LogP contribution in [0.3, 0.4) is 0 Å². The van der Waals surface area contributed by atoms with Crippen molar-refractivity contribution in [3.8, 4) is 11.5 Å². The molecule has 0 saturated heterocycles. The number of fused-ring (bicyclic) bond motifs is 1. The summed E-state index contributed by atoms with van der Waals surface area (Å²) in [6, 6.07) is 8.76. The zero-order chi connectivity index (χ0) is 19.9. The Morgan fingerprint density at radius 2 is 1.82 bits per heavy atom. The Bertz CT molecular complexity index is 994. The molecule has 0 spiro atoms. The first-order valence-electron chi connectivity index (χ1n) is 9.26. The largest absolute Gasteiger partial charge is 0.490 e. The lowest BCUT2D eigenvalue weighted by molar-refractivity contribution is 0.296. The molecule has 5 nitrogen and oxygen atoms in total. The lowest BCUT2D eigenvalue weighted by Crippen LogP contribution is -2.35. The molecule has 1 aliphatic heterocycles. The molecule has 0 unspecified atom stereocenters. The van der Waals surface area contributed by atoms with Crippen LogP contribution in [0.4, 0.5) is 4.39 Å². The van der Waals surface area contributed by atoms with Crippen LogP contribution >= 0.6 is 15.9 Å². The summed E-state index contributed by atoms with van der Waals surface area (Å²) < 4.78 is 53.5. The Hall–Kier alpha value is -1.64. The van der Waals surface area contributed by atoms with Gasteiger partial charge in [0, 0.05) is 23.0 Å². The Labute approximate surface area is 172 Å². The number of hydrogen-bond donors (Lipinski definition) is 0. The van der Waals surface area contributed by atoms with Gasteiger partial charge in [0.25, 0.3) is 0 Å². The van der Waals surface area contributed by atoms with Gasteiger partial charge in [0.2, 0.25) is 10.0 Å². The van der Waals surface area contributed by atoms with Gasteiger partial charge in [-0.05, 0) is 71.6 Å². The van der Waals surface area contributed by atoms with E-state index < -0.39 is 21.9 Å². The summed E-state index contributed by atoms with van der Waals surface area (Å²) in [5, 5.41) is 0. The van der Waals surface area contributed by atoms with Crippen LogP contribution in [0.15, 0.2) is 45.8 Å².